The fourth-order valence-corrected chi connectivity index (χ4v) is 2.18. The summed E-state index contributed by atoms with van der Waals surface area (Å²) in [6.45, 7) is 2.95. The van der Waals surface area contributed by atoms with Crippen LogP contribution in [0.3, 0.4) is 0 Å². The number of carbonyl (C=O) groups is 2. The predicted molar refractivity (Wildman–Crippen MR) is 67.9 cm³/mol. The van der Waals surface area contributed by atoms with Gasteiger partial charge in [0.2, 0.25) is 17.8 Å². The smallest absolute Gasteiger partial charge is 0.244 e. The lowest BCUT2D eigenvalue weighted by Gasteiger charge is -2.32. The van der Waals surface area contributed by atoms with Gasteiger partial charge >= 0.3 is 0 Å². The molecule has 0 bridgehead atoms. The van der Waals surface area contributed by atoms with Gasteiger partial charge < -0.3 is 16.0 Å². The Bertz CT molecular complexity index is 464. The Morgan fingerprint density at radius 3 is 2.68 bits per heavy atom. The Morgan fingerprint density at radius 1 is 1.47 bits per heavy atom. The van der Waals surface area contributed by atoms with E-state index in [2.05, 4.69) is 15.4 Å². The van der Waals surface area contributed by atoms with Crippen LogP contribution in [0.5, 0.6) is 0 Å². The maximum absolute atomic E-state index is 12.0. The van der Waals surface area contributed by atoms with Gasteiger partial charge in [-0.25, -0.2) is 9.67 Å². The fraction of sp³-hybridized carbons (Fsp3) is 0.636. The summed E-state index contributed by atoms with van der Waals surface area (Å²) < 4.78 is 1.43. The first-order valence-corrected chi connectivity index (χ1v) is 6.24. The molecule has 0 atom stereocenters. The maximum atomic E-state index is 12.0. The second-order valence-electron chi connectivity index (χ2n) is 4.66. The molecule has 104 valence electrons. The quantitative estimate of drug-likeness (QED) is 0.729. The molecular formula is C11H18N6O2. The van der Waals surface area contributed by atoms with Crippen molar-refractivity contribution in [2.24, 2.45) is 0 Å². The molecule has 1 aliphatic rings. The second kappa shape index (κ2) is 5.68. The van der Waals surface area contributed by atoms with Crippen molar-refractivity contribution in [3.8, 4) is 0 Å². The maximum Gasteiger partial charge on any atom is 0.244 e. The molecule has 0 radical (unpaired) electrons. The number of piperidine rings is 1. The largest absolute Gasteiger partial charge is 0.367 e. The van der Waals surface area contributed by atoms with Crippen molar-refractivity contribution in [2.75, 3.05) is 18.8 Å². The van der Waals surface area contributed by atoms with Crippen molar-refractivity contribution in [2.45, 2.75) is 32.4 Å². The van der Waals surface area contributed by atoms with Gasteiger partial charge in [-0.2, -0.15) is 0 Å². The Labute approximate surface area is 111 Å². The first-order chi connectivity index (χ1) is 9.04. The number of likely N-dealkylation sites (tertiary alicyclic amines) is 1. The SMILES string of the molecule is CC(=O)NC1CCN(C(=O)Cn2cnc(N)n2)CC1. The molecule has 2 amide bonds. The molecule has 2 rings (SSSR count). The van der Waals surface area contributed by atoms with Gasteiger partial charge in [-0.1, -0.05) is 0 Å². The number of nitrogens with zero attached hydrogens (tertiary/aromatic N) is 4. The lowest BCUT2D eigenvalue weighted by Crippen LogP contribution is -2.46. The van der Waals surface area contributed by atoms with E-state index in [9.17, 15) is 9.59 Å². The molecular weight excluding hydrogens is 248 g/mol. The zero-order valence-corrected chi connectivity index (χ0v) is 10.9. The molecule has 19 heavy (non-hydrogen) atoms. The van der Waals surface area contributed by atoms with Gasteiger partial charge in [0.1, 0.15) is 12.9 Å². The molecule has 1 saturated heterocycles. The van der Waals surface area contributed by atoms with Crippen LogP contribution in [0.15, 0.2) is 6.33 Å². The van der Waals surface area contributed by atoms with Gasteiger partial charge in [-0.15, -0.1) is 5.10 Å². The standard InChI is InChI=1S/C11H18N6O2/c1-8(18)14-9-2-4-16(5-3-9)10(19)6-17-7-13-11(12)15-17/h7,9H,2-6H2,1H3,(H2,12,15)(H,14,18). The summed E-state index contributed by atoms with van der Waals surface area (Å²) in [5.41, 5.74) is 5.39. The monoisotopic (exact) mass is 266 g/mol. The Morgan fingerprint density at radius 2 is 2.16 bits per heavy atom. The van der Waals surface area contributed by atoms with Crippen LogP contribution >= 0.6 is 0 Å². The third kappa shape index (κ3) is 3.67. The molecule has 0 saturated carbocycles. The van der Waals surface area contributed by atoms with Crippen LogP contribution in [0.4, 0.5) is 5.95 Å². The zero-order chi connectivity index (χ0) is 13.8. The summed E-state index contributed by atoms with van der Waals surface area (Å²) >= 11 is 0. The minimum atomic E-state index is -0.0251. The van der Waals surface area contributed by atoms with E-state index in [1.165, 1.54) is 17.9 Å². The first kappa shape index (κ1) is 13.3. The number of nitrogen functional groups attached to an aromatic ring is 1. The van der Waals surface area contributed by atoms with Crippen LogP contribution in [-0.2, 0) is 16.1 Å². The van der Waals surface area contributed by atoms with E-state index in [4.69, 9.17) is 5.73 Å². The summed E-state index contributed by atoms with van der Waals surface area (Å²) in [5, 5.41) is 6.75. The highest BCUT2D eigenvalue weighted by molar-refractivity contribution is 5.76. The molecule has 8 heteroatoms. The van der Waals surface area contributed by atoms with Crippen LogP contribution in [0.2, 0.25) is 0 Å². The van der Waals surface area contributed by atoms with E-state index in [1.54, 1.807) is 4.90 Å². The molecule has 2 heterocycles. The van der Waals surface area contributed by atoms with E-state index in [-0.39, 0.29) is 30.3 Å². The second-order valence-corrected chi connectivity index (χ2v) is 4.66. The topological polar surface area (TPSA) is 106 Å². The number of hydrogen-bond donors (Lipinski definition) is 2. The predicted octanol–water partition coefficient (Wildman–Crippen LogP) is -1.01. The highest BCUT2D eigenvalue weighted by Crippen LogP contribution is 2.11. The van der Waals surface area contributed by atoms with Crippen molar-refractivity contribution in [3.63, 3.8) is 0 Å². The van der Waals surface area contributed by atoms with Crippen LogP contribution in [0, 0.1) is 0 Å². The van der Waals surface area contributed by atoms with Gasteiger partial charge in [0.05, 0.1) is 0 Å². The Balaban J connectivity index is 1.80. The number of hydrogen-bond acceptors (Lipinski definition) is 5. The van der Waals surface area contributed by atoms with E-state index in [1.807, 2.05) is 0 Å². The summed E-state index contributed by atoms with van der Waals surface area (Å²) in [4.78, 5) is 28.5. The summed E-state index contributed by atoms with van der Waals surface area (Å²) in [7, 11) is 0. The van der Waals surface area contributed by atoms with Crippen LogP contribution in [-0.4, -0.2) is 50.6 Å². The molecule has 8 nitrogen and oxygen atoms in total. The third-order valence-corrected chi connectivity index (χ3v) is 3.11. The summed E-state index contributed by atoms with van der Waals surface area (Å²) in [5.74, 6) is 0.131. The molecule has 1 fully saturated rings. The molecule has 1 aromatic rings. The fourth-order valence-electron chi connectivity index (χ4n) is 2.18. The summed E-state index contributed by atoms with van der Waals surface area (Å²) in [6.07, 6.45) is 3.01. The average molecular weight is 266 g/mol. The minimum absolute atomic E-state index is 0.00817. The first-order valence-electron chi connectivity index (χ1n) is 6.24. The lowest BCUT2D eigenvalue weighted by atomic mass is 10.1. The van der Waals surface area contributed by atoms with E-state index < -0.39 is 0 Å². The minimum Gasteiger partial charge on any atom is -0.367 e. The average Bonchev–Trinajstić information content (AvgIpc) is 2.75. The normalized spacial score (nSPS) is 16.4. The highest BCUT2D eigenvalue weighted by Gasteiger charge is 2.23. The number of aromatic nitrogens is 3. The van der Waals surface area contributed by atoms with Gasteiger partial charge in [0.25, 0.3) is 0 Å². The van der Waals surface area contributed by atoms with Crippen molar-refractivity contribution in [1.82, 2.24) is 25.0 Å². The Kier molecular flexibility index (Phi) is 3.98. The molecule has 1 aromatic heterocycles. The van der Waals surface area contributed by atoms with Gasteiger partial charge in [-0.05, 0) is 12.8 Å². The number of nitrogens with one attached hydrogen (secondary N) is 1. The van der Waals surface area contributed by atoms with Crippen LogP contribution in [0.1, 0.15) is 19.8 Å². The molecule has 1 aliphatic heterocycles. The third-order valence-electron chi connectivity index (χ3n) is 3.11. The van der Waals surface area contributed by atoms with Crippen LogP contribution < -0.4 is 11.1 Å². The van der Waals surface area contributed by atoms with Gasteiger partial charge in [0.15, 0.2) is 0 Å². The summed E-state index contributed by atoms with van der Waals surface area (Å²) in [6, 6.07) is 0.170. The molecule has 0 spiro atoms. The lowest BCUT2D eigenvalue weighted by molar-refractivity contribution is -0.133. The highest BCUT2D eigenvalue weighted by atomic mass is 16.2. The number of anilines is 1. The number of amides is 2. The molecule has 0 aliphatic carbocycles. The molecule has 0 unspecified atom stereocenters. The zero-order valence-electron chi connectivity index (χ0n) is 10.9. The number of nitrogens with two attached hydrogens (primary N) is 1. The van der Waals surface area contributed by atoms with Crippen LogP contribution in [0.25, 0.3) is 0 Å². The van der Waals surface area contributed by atoms with E-state index in [0.717, 1.165) is 12.8 Å². The Hall–Kier alpha value is -2.12. The van der Waals surface area contributed by atoms with Gasteiger partial charge in [0, 0.05) is 26.1 Å². The molecule has 3 N–H and O–H groups in total. The number of carbonyl (C=O) groups excluding carboxylic acids is 2. The van der Waals surface area contributed by atoms with E-state index in [0.29, 0.717) is 13.1 Å². The number of rotatable bonds is 3. The van der Waals surface area contributed by atoms with Crippen molar-refractivity contribution in [3.05, 3.63) is 6.33 Å². The van der Waals surface area contributed by atoms with E-state index >= 15 is 0 Å². The van der Waals surface area contributed by atoms with Crippen molar-refractivity contribution < 1.29 is 9.59 Å². The van der Waals surface area contributed by atoms with Crippen molar-refractivity contribution in [1.29, 1.82) is 0 Å². The van der Waals surface area contributed by atoms with Crippen molar-refractivity contribution >= 4 is 17.8 Å². The van der Waals surface area contributed by atoms with Gasteiger partial charge in [-0.3, -0.25) is 9.59 Å². The molecule has 0 aromatic carbocycles.